The van der Waals surface area contributed by atoms with Crippen LogP contribution in [0.25, 0.3) is 0 Å². The maximum Gasteiger partial charge on any atom is 0.325 e. The lowest BCUT2D eigenvalue weighted by Gasteiger charge is -2.21. The lowest BCUT2D eigenvalue weighted by molar-refractivity contribution is -0.148. The van der Waals surface area contributed by atoms with Crippen LogP contribution in [0.5, 0.6) is 17.2 Å². The first-order chi connectivity index (χ1) is 18.2. The van der Waals surface area contributed by atoms with Crippen molar-refractivity contribution >= 4 is 17.8 Å². The fourth-order valence-electron chi connectivity index (χ4n) is 2.97. The predicted molar refractivity (Wildman–Crippen MR) is 142 cm³/mol. The standard InChI is InChI=1S/C24H30N2O8.C4H10/c1-5-18(34-19-9-7-6-8-10-19)13-16(2)33-21(28)14-26-24(29)22-23(32-15-31-17(3)27)20(30-4)11-12-25-22;1-3-4-2/h6-12,16,18H,5,13-15H2,1-4H3,(H,26,29);3-4H2,1-2H3. The summed E-state index contributed by atoms with van der Waals surface area (Å²) in [7, 11) is 1.39. The number of nitrogens with zero attached hydrogens (tertiary/aromatic N) is 1. The summed E-state index contributed by atoms with van der Waals surface area (Å²) in [5.74, 6) is -0.898. The van der Waals surface area contributed by atoms with Crippen LogP contribution in [-0.2, 0) is 19.1 Å². The van der Waals surface area contributed by atoms with Gasteiger partial charge in [-0.3, -0.25) is 14.4 Å². The third-order valence-corrected chi connectivity index (χ3v) is 5.09. The van der Waals surface area contributed by atoms with Gasteiger partial charge in [0.15, 0.2) is 17.2 Å². The molecule has 0 spiro atoms. The molecule has 1 aromatic carbocycles. The van der Waals surface area contributed by atoms with E-state index in [4.69, 9.17) is 23.7 Å². The maximum atomic E-state index is 12.6. The van der Waals surface area contributed by atoms with E-state index >= 15 is 0 Å². The fraction of sp³-hybridized carbons (Fsp3) is 0.500. The molecule has 1 heterocycles. The van der Waals surface area contributed by atoms with Gasteiger partial charge in [0.25, 0.3) is 5.91 Å². The van der Waals surface area contributed by atoms with Gasteiger partial charge >= 0.3 is 11.9 Å². The Morgan fingerprint density at radius 1 is 1.03 bits per heavy atom. The van der Waals surface area contributed by atoms with Crippen LogP contribution in [0.2, 0.25) is 0 Å². The summed E-state index contributed by atoms with van der Waals surface area (Å²) in [5.41, 5.74) is -0.130. The predicted octanol–water partition coefficient (Wildman–Crippen LogP) is 4.71. The van der Waals surface area contributed by atoms with Crippen molar-refractivity contribution in [1.29, 1.82) is 0 Å². The average Bonchev–Trinajstić information content (AvgIpc) is 2.91. The highest BCUT2D eigenvalue weighted by Crippen LogP contribution is 2.29. The Labute approximate surface area is 225 Å². The maximum absolute atomic E-state index is 12.6. The molecule has 0 aliphatic carbocycles. The quantitative estimate of drug-likeness (QED) is 0.272. The molecule has 10 heteroatoms. The molecule has 0 fully saturated rings. The van der Waals surface area contributed by atoms with Crippen LogP contribution >= 0.6 is 0 Å². The number of hydrogen-bond acceptors (Lipinski definition) is 9. The summed E-state index contributed by atoms with van der Waals surface area (Å²) in [6, 6.07) is 10.9. The van der Waals surface area contributed by atoms with E-state index in [0.29, 0.717) is 6.42 Å². The van der Waals surface area contributed by atoms with E-state index in [-0.39, 0.29) is 29.8 Å². The minimum absolute atomic E-state index is 0.0191. The third kappa shape index (κ3) is 12.4. The number of esters is 2. The zero-order chi connectivity index (χ0) is 28.3. The van der Waals surface area contributed by atoms with Gasteiger partial charge in [-0.2, -0.15) is 0 Å². The van der Waals surface area contributed by atoms with Gasteiger partial charge < -0.3 is 29.0 Å². The van der Waals surface area contributed by atoms with Crippen LogP contribution < -0.4 is 19.5 Å². The lowest BCUT2D eigenvalue weighted by atomic mass is 10.1. The number of ether oxygens (including phenoxy) is 5. The molecular formula is C28H40N2O8. The minimum atomic E-state index is -0.680. The second kappa shape index (κ2) is 18.4. The molecule has 210 valence electrons. The van der Waals surface area contributed by atoms with Crippen molar-refractivity contribution in [3.63, 3.8) is 0 Å². The number of carbonyl (C=O) groups excluding carboxylic acids is 3. The van der Waals surface area contributed by atoms with Crippen LogP contribution in [0.3, 0.4) is 0 Å². The summed E-state index contributed by atoms with van der Waals surface area (Å²) in [5, 5.41) is 2.45. The lowest BCUT2D eigenvalue weighted by Crippen LogP contribution is -2.34. The molecule has 2 unspecified atom stereocenters. The first-order valence-corrected chi connectivity index (χ1v) is 12.7. The van der Waals surface area contributed by atoms with Crippen LogP contribution in [0, 0.1) is 0 Å². The van der Waals surface area contributed by atoms with Crippen LogP contribution in [-0.4, -0.2) is 55.5 Å². The number of nitrogens with one attached hydrogen (secondary N) is 1. The molecule has 0 aliphatic heterocycles. The Morgan fingerprint density at radius 2 is 1.71 bits per heavy atom. The smallest absolute Gasteiger partial charge is 0.325 e. The van der Waals surface area contributed by atoms with Crippen molar-refractivity contribution in [2.75, 3.05) is 20.4 Å². The molecule has 2 atom stereocenters. The van der Waals surface area contributed by atoms with Crippen LogP contribution in [0.1, 0.15) is 70.8 Å². The number of carbonyl (C=O) groups is 3. The van der Waals surface area contributed by atoms with E-state index in [9.17, 15) is 14.4 Å². The van der Waals surface area contributed by atoms with E-state index in [1.807, 2.05) is 37.3 Å². The van der Waals surface area contributed by atoms with Crippen molar-refractivity contribution in [3.05, 3.63) is 48.3 Å². The van der Waals surface area contributed by atoms with Crippen molar-refractivity contribution in [3.8, 4) is 17.2 Å². The Hall–Kier alpha value is -3.82. The van der Waals surface area contributed by atoms with Crippen LogP contribution in [0.15, 0.2) is 42.6 Å². The molecule has 10 nitrogen and oxygen atoms in total. The van der Waals surface area contributed by atoms with Gasteiger partial charge in [0.2, 0.25) is 6.79 Å². The number of aromatic nitrogens is 1. The van der Waals surface area contributed by atoms with Crippen molar-refractivity contribution < 1.29 is 38.1 Å². The zero-order valence-corrected chi connectivity index (χ0v) is 23.2. The molecule has 0 bridgehead atoms. The number of para-hydroxylation sites is 1. The first kappa shape index (κ1) is 32.2. The third-order valence-electron chi connectivity index (χ3n) is 5.09. The van der Waals surface area contributed by atoms with Gasteiger partial charge in [0.1, 0.15) is 24.5 Å². The molecular weight excluding hydrogens is 492 g/mol. The SMILES string of the molecule is CCC(CC(C)OC(=O)CNC(=O)c1nccc(OC)c1OCOC(C)=O)Oc1ccccc1.CCCC. The van der Waals surface area contributed by atoms with Gasteiger partial charge in [0.05, 0.1) is 7.11 Å². The van der Waals surface area contributed by atoms with E-state index < -0.39 is 30.7 Å². The monoisotopic (exact) mass is 532 g/mol. The first-order valence-electron chi connectivity index (χ1n) is 12.7. The Bertz CT molecular complexity index is 982. The van der Waals surface area contributed by atoms with E-state index in [2.05, 4.69) is 24.1 Å². The second-order valence-corrected chi connectivity index (χ2v) is 8.27. The summed E-state index contributed by atoms with van der Waals surface area (Å²) < 4.78 is 26.6. The highest BCUT2D eigenvalue weighted by atomic mass is 16.7. The topological polar surface area (TPSA) is 122 Å². The molecule has 0 aliphatic rings. The second-order valence-electron chi connectivity index (χ2n) is 8.27. The van der Waals surface area contributed by atoms with Crippen molar-refractivity contribution in [2.24, 2.45) is 0 Å². The minimum Gasteiger partial charge on any atom is -0.493 e. The summed E-state index contributed by atoms with van der Waals surface area (Å²) in [6.07, 6.45) is 4.68. The number of benzene rings is 1. The van der Waals surface area contributed by atoms with Gasteiger partial charge in [-0.05, 0) is 25.5 Å². The normalized spacial score (nSPS) is 11.6. The largest absolute Gasteiger partial charge is 0.493 e. The fourth-order valence-corrected chi connectivity index (χ4v) is 2.97. The Kier molecular flexibility index (Phi) is 15.6. The van der Waals surface area contributed by atoms with Gasteiger partial charge in [-0.25, -0.2) is 4.98 Å². The molecule has 38 heavy (non-hydrogen) atoms. The molecule has 2 aromatic rings. The van der Waals surface area contributed by atoms with E-state index in [0.717, 1.165) is 12.2 Å². The van der Waals surface area contributed by atoms with Gasteiger partial charge in [-0.15, -0.1) is 0 Å². The molecule has 1 amide bonds. The number of rotatable bonds is 14. The molecule has 1 aromatic heterocycles. The number of hydrogen-bond donors (Lipinski definition) is 1. The van der Waals surface area contributed by atoms with Gasteiger partial charge in [-0.1, -0.05) is 51.8 Å². The summed E-state index contributed by atoms with van der Waals surface area (Å²) >= 11 is 0. The number of pyridine rings is 1. The Morgan fingerprint density at radius 3 is 2.29 bits per heavy atom. The Balaban J connectivity index is 0.00000168. The van der Waals surface area contributed by atoms with E-state index in [1.54, 1.807) is 6.92 Å². The van der Waals surface area contributed by atoms with E-state index in [1.165, 1.54) is 39.1 Å². The molecule has 0 radical (unpaired) electrons. The van der Waals surface area contributed by atoms with Crippen molar-refractivity contribution in [2.45, 2.75) is 72.5 Å². The highest BCUT2D eigenvalue weighted by Gasteiger charge is 2.21. The number of unbranched alkanes of at least 4 members (excludes halogenated alkanes) is 1. The molecule has 0 saturated heterocycles. The molecule has 1 N–H and O–H groups in total. The number of amides is 1. The summed E-state index contributed by atoms with van der Waals surface area (Å²) in [6.45, 7) is 8.54. The van der Waals surface area contributed by atoms with Gasteiger partial charge in [0, 0.05) is 25.6 Å². The number of methoxy groups -OCH3 is 1. The highest BCUT2D eigenvalue weighted by molar-refractivity contribution is 5.97. The van der Waals surface area contributed by atoms with Crippen LogP contribution in [0.4, 0.5) is 0 Å². The summed E-state index contributed by atoms with van der Waals surface area (Å²) in [4.78, 5) is 39.8. The molecule has 0 saturated carbocycles. The zero-order valence-electron chi connectivity index (χ0n) is 23.2. The average molecular weight is 533 g/mol. The molecule has 2 rings (SSSR count). The van der Waals surface area contributed by atoms with Crippen molar-refractivity contribution in [1.82, 2.24) is 10.3 Å².